The molecule has 5 heteroatoms. The van der Waals surface area contributed by atoms with Gasteiger partial charge in [0.1, 0.15) is 5.75 Å². The Morgan fingerprint density at radius 2 is 2.29 bits per heavy atom. The van der Waals surface area contributed by atoms with Gasteiger partial charge in [0.2, 0.25) is 11.8 Å². The zero-order valence-electron chi connectivity index (χ0n) is 12.6. The van der Waals surface area contributed by atoms with Gasteiger partial charge in [-0.25, -0.2) is 0 Å². The lowest BCUT2D eigenvalue weighted by Gasteiger charge is -2.27. The van der Waals surface area contributed by atoms with Crippen molar-refractivity contribution in [2.24, 2.45) is 5.92 Å². The van der Waals surface area contributed by atoms with Gasteiger partial charge in [0.25, 0.3) is 0 Å². The van der Waals surface area contributed by atoms with Gasteiger partial charge < -0.3 is 15.0 Å². The van der Waals surface area contributed by atoms with E-state index >= 15 is 0 Å². The van der Waals surface area contributed by atoms with Gasteiger partial charge in [0, 0.05) is 32.5 Å². The van der Waals surface area contributed by atoms with Gasteiger partial charge in [0.15, 0.2) is 0 Å². The second kappa shape index (κ2) is 7.11. The molecule has 1 aromatic rings. The maximum Gasteiger partial charge on any atom is 0.223 e. The quantitative estimate of drug-likeness (QED) is 0.887. The van der Waals surface area contributed by atoms with E-state index in [0.29, 0.717) is 19.5 Å². The van der Waals surface area contributed by atoms with Crippen molar-refractivity contribution in [1.29, 1.82) is 0 Å². The Morgan fingerprint density at radius 3 is 3.00 bits per heavy atom. The maximum atomic E-state index is 12.1. The molecule has 1 aliphatic heterocycles. The number of amides is 2. The first-order chi connectivity index (χ1) is 10.1. The first-order valence-corrected chi connectivity index (χ1v) is 7.24. The summed E-state index contributed by atoms with van der Waals surface area (Å²) in [5, 5.41) is 2.92. The van der Waals surface area contributed by atoms with E-state index < -0.39 is 0 Å². The molecule has 0 unspecified atom stereocenters. The standard InChI is InChI=1S/C16H22N2O3/c1-18-9-7-13(11-15(18)19)16(20)17-8-6-12-4-3-5-14(10-12)21-2/h3-5,10,13H,6-9,11H2,1-2H3,(H,17,20)/t13-/m0/s1. The summed E-state index contributed by atoms with van der Waals surface area (Å²) in [5.74, 6) is 0.673. The SMILES string of the molecule is COc1cccc(CCNC(=O)[C@H]2CCN(C)C(=O)C2)c1. The predicted molar refractivity (Wildman–Crippen MR) is 80.1 cm³/mol. The highest BCUT2D eigenvalue weighted by Crippen LogP contribution is 2.17. The molecule has 0 saturated carbocycles. The van der Waals surface area contributed by atoms with Crippen molar-refractivity contribution < 1.29 is 14.3 Å². The molecule has 1 aromatic carbocycles. The molecule has 1 saturated heterocycles. The number of nitrogens with zero attached hydrogens (tertiary/aromatic N) is 1. The Hall–Kier alpha value is -2.04. The topological polar surface area (TPSA) is 58.6 Å². The van der Waals surface area contributed by atoms with Crippen LogP contribution in [0.5, 0.6) is 5.75 Å². The van der Waals surface area contributed by atoms with E-state index in [2.05, 4.69) is 5.32 Å². The number of rotatable bonds is 5. The van der Waals surface area contributed by atoms with Crippen LogP contribution in [0.4, 0.5) is 0 Å². The molecule has 5 nitrogen and oxygen atoms in total. The number of benzene rings is 1. The molecule has 1 aliphatic rings. The monoisotopic (exact) mass is 290 g/mol. The van der Waals surface area contributed by atoms with E-state index in [-0.39, 0.29) is 17.7 Å². The Kier molecular flexibility index (Phi) is 5.20. The molecule has 0 bridgehead atoms. The van der Waals surface area contributed by atoms with Crippen LogP contribution in [-0.4, -0.2) is 44.0 Å². The number of nitrogens with one attached hydrogen (secondary N) is 1. The minimum Gasteiger partial charge on any atom is -0.497 e. The summed E-state index contributed by atoms with van der Waals surface area (Å²) in [4.78, 5) is 25.3. The average molecular weight is 290 g/mol. The van der Waals surface area contributed by atoms with Gasteiger partial charge in [-0.05, 0) is 30.5 Å². The number of likely N-dealkylation sites (tertiary alicyclic amines) is 1. The first kappa shape index (κ1) is 15.4. The summed E-state index contributed by atoms with van der Waals surface area (Å²) in [6.07, 6.45) is 1.82. The molecule has 2 rings (SSSR count). The third kappa shape index (κ3) is 4.21. The molecule has 1 atom stereocenters. The van der Waals surface area contributed by atoms with Crippen LogP contribution < -0.4 is 10.1 Å². The van der Waals surface area contributed by atoms with E-state index in [1.807, 2.05) is 24.3 Å². The largest absolute Gasteiger partial charge is 0.497 e. The van der Waals surface area contributed by atoms with Gasteiger partial charge in [-0.3, -0.25) is 9.59 Å². The molecule has 2 amide bonds. The molecule has 114 valence electrons. The zero-order valence-corrected chi connectivity index (χ0v) is 12.6. The molecule has 1 fully saturated rings. The highest BCUT2D eigenvalue weighted by atomic mass is 16.5. The molecular formula is C16H22N2O3. The summed E-state index contributed by atoms with van der Waals surface area (Å²) >= 11 is 0. The minimum atomic E-state index is -0.181. The van der Waals surface area contributed by atoms with E-state index in [1.165, 1.54) is 0 Å². The summed E-state index contributed by atoms with van der Waals surface area (Å²) in [7, 11) is 3.41. The third-order valence-electron chi connectivity index (χ3n) is 3.88. The van der Waals surface area contributed by atoms with Crippen LogP contribution in [0.3, 0.4) is 0 Å². The van der Waals surface area contributed by atoms with Crippen LogP contribution in [0.25, 0.3) is 0 Å². The van der Waals surface area contributed by atoms with Crippen LogP contribution in [0, 0.1) is 5.92 Å². The van der Waals surface area contributed by atoms with Crippen molar-refractivity contribution in [2.75, 3.05) is 27.2 Å². The predicted octanol–water partition coefficient (Wildman–Crippen LogP) is 1.22. The normalized spacial score (nSPS) is 18.5. The van der Waals surface area contributed by atoms with Crippen LogP contribution in [0.1, 0.15) is 18.4 Å². The van der Waals surface area contributed by atoms with Gasteiger partial charge in [-0.1, -0.05) is 12.1 Å². The molecule has 0 radical (unpaired) electrons. The van der Waals surface area contributed by atoms with Crippen molar-refractivity contribution in [3.05, 3.63) is 29.8 Å². The zero-order chi connectivity index (χ0) is 15.2. The van der Waals surface area contributed by atoms with Crippen LogP contribution in [0.2, 0.25) is 0 Å². The highest BCUT2D eigenvalue weighted by Gasteiger charge is 2.28. The maximum absolute atomic E-state index is 12.1. The Labute approximate surface area is 125 Å². The summed E-state index contributed by atoms with van der Waals surface area (Å²) < 4.78 is 5.17. The first-order valence-electron chi connectivity index (χ1n) is 7.24. The van der Waals surface area contributed by atoms with Crippen LogP contribution in [0.15, 0.2) is 24.3 Å². The summed E-state index contributed by atoms with van der Waals surface area (Å²) in [6.45, 7) is 1.24. The fourth-order valence-corrected chi connectivity index (χ4v) is 2.47. The fourth-order valence-electron chi connectivity index (χ4n) is 2.47. The van der Waals surface area contributed by atoms with Crippen molar-refractivity contribution in [3.63, 3.8) is 0 Å². The molecule has 21 heavy (non-hydrogen) atoms. The van der Waals surface area contributed by atoms with Crippen molar-refractivity contribution in [3.8, 4) is 5.75 Å². The summed E-state index contributed by atoms with van der Waals surface area (Å²) in [6, 6.07) is 7.80. The molecule has 0 aromatic heterocycles. The lowest BCUT2D eigenvalue weighted by Crippen LogP contribution is -2.42. The number of carbonyl (C=O) groups excluding carboxylic acids is 2. The lowest BCUT2D eigenvalue weighted by molar-refractivity contribution is -0.139. The Balaban J connectivity index is 1.77. The second-order valence-corrected chi connectivity index (χ2v) is 5.40. The molecule has 1 heterocycles. The van der Waals surface area contributed by atoms with Crippen molar-refractivity contribution in [2.45, 2.75) is 19.3 Å². The van der Waals surface area contributed by atoms with Gasteiger partial charge >= 0.3 is 0 Å². The summed E-state index contributed by atoms with van der Waals surface area (Å²) in [5.41, 5.74) is 1.12. The van der Waals surface area contributed by atoms with Gasteiger partial charge in [-0.15, -0.1) is 0 Å². The average Bonchev–Trinajstić information content (AvgIpc) is 2.50. The number of methoxy groups -OCH3 is 1. The van der Waals surface area contributed by atoms with Crippen molar-refractivity contribution in [1.82, 2.24) is 10.2 Å². The molecular weight excluding hydrogens is 268 g/mol. The smallest absolute Gasteiger partial charge is 0.223 e. The minimum absolute atomic E-state index is 0.0145. The Bertz CT molecular complexity index is 516. The van der Waals surface area contributed by atoms with E-state index in [0.717, 1.165) is 24.2 Å². The third-order valence-corrected chi connectivity index (χ3v) is 3.88. The molecule has 0 aliphatic carbocycles. The number of hydrogen-bond donors (Lipinski definition) is 1. The highest BCUT2D eigenvalue weighted by molar-refractivity contribution is 5.86. The Morgan fingerprint density at radius 1 is 1.48 bits per heavy atom. The van der Waals surface area contributed by atoms with E-state index in [1.54, 1.807) is 19.1 Å². The van der Waals surface area contributed by atoms with E-state index in [9.17, 15) is 9.59 Å². The second-order valence-electron chi connectivity index (χ2n) is 5.40. The fraction of sp³-hybridized carbons (Fsp3) is 0.500. The number of piperidine rings is 1. The number of ether oxygens (including phenoxy) is 1. The molecule has 0 spiro atoms. The number of carbonyl (C=O) groups is 2. The number of hydrogen-bond acceptors (Lipinski definition) is 3. The van der Waals surface area contributed by atoms with Crippen molar-refractivity contribution >= 4 is 11.8 Å². The van der Waals surface area contributed by atoms with Gasteiger partial charge in [0.05, 0.1) is 7.11 Å². The van der Waals surface area contributed by atoms with Crippen LogP contribution >= 0.6 is 0 Å². The van der Waals surface area contributed by atoms with Crippen LogP contribution in [-0.2, 0) is 16.0 Å². The molecule has 1 N–H and O–H groups in total. The van der Waals surface area contributed by atoms with Gasteiger partial charge in [-0.2, -0.15) is 0 Å². The lowest BCUT2D eigenvalue weighted by atomic mass is 9.95. The van der Waals surface area contributed by atoms with E-state index in [4.69, 9.17) is 4.74 Å².